The Bertz CT molecular complexity index is 719. The molecule has 0 unspecified atom stereocenters. The lowest BCUT2D eigenvalue weighted by atomic mass is 10.1. The summed E-state index contributed by atoms with van der Waals surface area (Å²) in [6, 6.07) is 9.60. The topological polar surface area (TPSA) is 67.6 Å². The Labute approximate surface area is 121 Å². The van der Waals surface area contributed by atoms with Crippen molar-refractivity contribution in [2.24, 2.45) is 0 Å². The van der Waals surface area contributed by atoms with Crippen molar-refractivity contribution in [2.45, 2.75) is 19.8 Å². The van der Waals surface area contributed by atoms with Crippen LogP contribution < -0.4 is 0 Å². The first kappa shape index (κ1) is 12.9. The predicted octanol–water partition coefficient (Wildman–Crippen LogP) is 2.94. The fourth-order valence-electron chi connectivity index (χ4n) is 1.97. The fourth-order valence-corrected chi connectivity index (χ4v) is 2.17. The highest BCUT2D eigenvalue weighted by Crippen LogP contribution is 2.18. The molecular formula is C14H13ClN4O. The van der Waals surface area contributed by atoms with Crippen molar-refractivity contribution in [2.75, 3.05) is 0 Å². The van der Waals surface area contributed by atoms with E-state index < -0.39 is 0 Å². The number of aromatic amines is 1. The van der Waals surface area contributed by atoms with Crippen molar-refractivity contribution < 1.29 is 4.52 Å². The Morgan fingerprint density at radius 3 is 2.85 bits per heavy atom. The van der Waals surface area contributed by atoms with Crippen LogP contribution in [0.1, 0.15) is 28.7 Å². The molecule has 0 radical (unpaired) electrons. The summed E-state index contributed by atoms with van der Waals surface area (Å²) in [5.41, 5.74) is 2.88. The number of halogens is 1. The Morgan fingerprint density at radius 1 is 1.25 bits per heavy atom. The third-order valence-corrected chi connectivity index (χ3v) is 3.28. The molecule has 3 aromatic rings. The van der Waals surface area contributed by atoms with E-state index in [-0.39, 0.29) is 0 Å². The molecule has 0 aliphatic carbocycles. The van der Waals surface area contributed by atoms with Gasteiger partial charge in [-0.05, 0) is 24.6 Å². The maximum Gasteiger partial charge on any atom is 0.232 e. The number of benzene rings is 1. The van der Waals surface area contributed by atoms with Gasteiger partial charge in [0.15, 0.2) is 5.82 Å². The first-order chi connectivity index (χ1) is 9.70. The predicted molar refractivity (Wildman–Crippen MR) is 74.7 cm³/mol. The monoisotopic (exact) mass is 288 g/mol. The molecule has 0 atom stereocenters. The molecule has 0 saturated carbocycles. The number of hydrogen-bond donors (Lipinski definition) is 1. The maximum absolute atomic E-state index is 6.11. The second-order valence-corrected chi connectivity index (χ2v) is 5.00. The molecule has 6 heteroatoms. The van der Waals surface area contributed by atoms with Crippen LogP contribution >= 0.6 is 11.6 Å². The van der Waals surface area contributed by atoms with E-state index in [0.717, 1.165) is 17.0 Å². The molecule has 5 nitrogen and oxygen atoms in total. The molecule has 20 heavy (non-hydrogen) atoms. The average molecular weight is 289 g/mol. The van der Waals surface area contributed by atoms with Gasteiger partial charge in [-0.2, -0.15) is 10.1 Å². The second-order valence-electron chi connectivity index (χ2n) is 4.59. The summed E-state index contributed by atoms with van der Waals surface area (Å²) in [4.78, 5) is 4.36. The number of H-pyrrole nitrogens is 1. The molecule has 1 N–H and O–H groups in total. The number of aryl methyl sites for hydroxylation is 1. The smallest absolute Gasteiger partial charge is 0.232 e. The average Bonchev–Trinajstić information content (AvgIpc) is 3.02. The molecule has 3 rings (SSSR count). The van der Waals surface area contributed by atoms with Gasteiger partial charge in [0.25, 0.3) is 0 Å². The molecule has 102 valence electrons. The van der Waals surface area contributed by atoms with Crippen LogP contribution in [0.4, 0.5) is 0 Å². The Balaban J connectivity index is 1.72. The second kappa shape index (κ2) is 5.46. The van der Waals surface area contributed by atoms with E-state index in [1.165, 1.54) is 0 Å². The van der Waals surface area contributed by atoms with Crippen LogP contribution in [-0.2, 0) is 12.8 Å². The van der Waals surface area contributed by atoms with Crippen LogP contribution in [0.2, 0.25) is 5.02 Å². The van der Waals surface area contributed by atoms with E-state index >= 15 is 0 Å². The lowest BCUT2D eigenvalue weighted by Crippen LogP contribution is -1.93. The summed E-state index contributed by atoms with van der Waals surface area (Å²) in [5.74, 6) is 1.18. The summed E-state index contributed by atoms with van der Waals surface area (Å²) in [6.07, 6.45) is 1.09. The third kappa shape index (κ3) is 2.88. The molecule has 0 spiro atoms. The number of rotatable bonds is 4. The highest BCUT2D eigenvalue weighted by molar-refractivity contribution is 6.31. The van der Waals surface area contributed by atoms with Gasteiger partial charge in [-0.25, -0.2) is 0 Å². The summed E-state index contributed by atoms with van der Waals surface area (Å²) in [6.45, 7) is 1.95. The zero-order valence-electron chi connectivity index (χ0n) is 10.9. The molecule has 2 heterocycles. The number of aromatic nitrogens is 4. The van der Waals surface area contributed by atoms with Gasteiger partial charge in [-0.1, -0.05) is 35.0 Å². The van der Waals surface area contributed by atoms with Crippen LogP contribution in [0.15, 0.2) is 34.9 Å². The van der Waals surface area contributed by atoms with Crippen molar-refractivity contribution >= 4 is 11.6 Å². The van der Waals surface area contributed by atoms with Crippen LogP contribution in [0, 0.1) is 6.92 Å². The number of nitrogens with one attached hydrogen (secondary N) is 1. The minimum atomic E-state index is 0.528. The van der Waals surface area contributed by atoms with Crippen molar-refractivity contribution in [1.29, 1.82) is 0 Å². The SMILES string of the molecule is Cc1cc(Cc2nc(Cc3ccccc3Cl)no2)n[nH]1. The molecule has 0 bridgehead atoms. The van der Waals surface area contributed by atoms with Crippen LogP contribution in [0.25, 0.3) is 0 Å². The van der Waals surface area contributed by atoms with E-state index in [1.54, 1.807) is 0 Å². The van der Waals surface area contributed by atoms with Gasteiger partial charge < -0.3 is 4.52 Å². The maximum atomic E-state index is 6.11. The molecule has 0 amide bonds. The zero-order chi connectivity index (χ0) is 13.9. The van der Waals surface area contributed by atoms with Gasteiger partial charge in [0.05, 0.1) is 12.1 Å². The fraction of sp³-hybridized carbons (Fsp3) is 0.214. The highest BCUT2D eigenvalue weighted by atomic mass is 35.5. The van der Waals surface area contributed by atoms with Crippen molar-refractivity contribution in [3.63, 3.8) is 0 Å². The molecule has 2 aromatic heterocycles. The van der Waals surface area contributed by atoms with Gasteiger partial charge >= 0.3 is 0 Å². The molecular weight excluding hydrogens is 276 g/mol. The van der Waals surface area contributed by atoms with Crippen LogP contribution in [0.3, 0.4) is 0 Å². The first-order valence-corrected chi connectivity index (χ1v) is 6.64. The van der Waals surface area contributed by atoms with E-state index in [9.17, 15) is 0 Å². The molecule has 0 fully saturated rings. The minimum absolute atomic E-state index is 0.528. The van der Waals surface area contributed by atoms with E-state index in [2.05, 4.69) is 20.3 Å². The third-order valence-electron chi connectivity index (χ3n) is 2.91. The summed E-state index contributed by atoms with van der Waals surface area (Å²) in [5, 5.41) is 11.7. The van der Waals surface area contributed by atoms with Crippen molar-refractivity contribution in [3.8, 4) is 0 Å². The van der Waals surface area contributed by atoms with E-state index in [0.29, 0.717) is 29.6 Å². The first-order valence-electron chi connectivity index (χ1n) is 6.26. The highest BCUT2D eigenvalue weighted by Gasteiger charge is 2.10. The van der Waals surface area contributed by atoms with Gasteiger partial charge in [0.1, 0.15) is 0 Å². The minimum Gasteiger partial charge on any atom is -0.339 e. The molecule has 0 saturated heterocycles. The summed E-state index contributed by atoms with van der Waals surface area (Å²) < 4.78 is 5.23. The summed E-state index contributed by atoms with van der Waals surface area (Å²) in [7, 11) is 0. The lowest BCUT2D eigenvalue weighted by Gasteiger charge is -1.98. The van der Waals surface area contributed by atoms with E-state index in [1.807, 2.05) is 37.3 Å². The Kier molecular flexibility index (Phi) is 3.52. The lowest BCUT2D eigenvalue weighted by molar-refractivity contribution is 0.379. The van der Waals surface area contributed by atoms with Crippen LogP contribution in [0.5, 0.6) is 0 Å². The van der Waals surface area contributed by atoms with Crippen molar-refractivity contribution in [1.82, 2.24) is 20.3 Å². The Hall–Kier alpha value is -2.14. The Morgan fingerprint density at radius 2 is 2.10 bits per heavy atom. The number of nitrogens with zero attached hydrogens (tertiary/aromatic N) is 3. The van der Waals surface area contributed by atoms with Gasteiger partial charge in [-0.15, -0.1) is 0 Å². The van der Waals surface area contributed by atoms with Crippen molar-refractivity contribution in [3.05, 3.63) is 64.0 Å². The standard InChI is InChI=1S/C14H13ClN4O/c1-9-6-11(18-17-9)8-14-16-13(19-20-14)7-10-4-2-3-5-12(10)15/h2-6H,7-8H2,1H3,(H,17,18). The largest absolute Gasteiger partial charge is 0.339 e. The van der Waals surface area contributed by atoms with Gasteiger partial charge in [0.2, 0.25) is 5.89 Å². The van der Waals surface area contributed by atoms with E-state index in [4.69, 9.17) is 16.1 Å². The normalized spacial score (nSPS) is 10.9. The van der Waals surface area contributed by atoms with Crippen LogP contribution in [-0.4, -0.2) is 20.3 Å². The van der Waals surface area contributed by atoms with Gasteiger partial charge in [0, 0.05) is 17.1 Å². The number of hydrogen-bond acceptors (Lipinski definition) is 4. The molecule has 0 aliphatic rings. The zero-order valence-corrected chi connectivity index (χ0v) is 11.7. The van der Waals surface area contributed by atoms with Gasteiger partial charge in [-0.3, -0.25) is 5.10 Å². The quantitative estimate of drug-likeness (QED) is 0.801. The summed E-state index contributed by atoms with van der Waals surface area (Å²) >= 11 is 6.11. The molecule has 1 aromatic carbocycles. The molecule has 0 aliphatic heterocycles.